The number of nitrogens with zero attached hydrogens (tertiary/aromatic N) is 4. The summed E-state index contributed by atoms with van der Waals surface area (Å²) in [5, 5.41) is 1.94. The second-order valence-corrected chi connectivity index (χ2v) is 6.79. The number of imidazole rings is 1. The van der Waals surface area contributed by atoms with E-state index >= 15 is 0 Å². The lowest BCUT2D eigenvalue weighted by atomic mass is 9.91. The first-order valence-corrected chi connectivity index (χ1v) is 8.10. The quantitative estimate of drug-likeness (QED) is 0.798. The highest BCUT2D eigenvalue weighted by Crippen LogP contribution is 2.32. The molecule has 2 fully saturated rings. The molecule has 0 bridgehead atoms. The summed E-state index contributed by atoms with van der Waals surface area (Å²) in [6.07, 6.45) is 4.74. The van der Waals surface area contributed by atoms with Gasteiger partial charge in [-0.25, -0.2) is 9.78 Å². The summed E-state index contributed by atoms with van der Waals surface area (Å²) in [7, 11) is 1.74. The van der Waals surface area contributed by atoms with Gasteiger partial charge in [-0.2, -0.15) is 0 Å². The summed E-state index contributed by atoms with van der Waals surface area (Å²) in [5.41, 5.74) is 0.0558. The molecule has 2 aliphatic rings. The molecule has 2 aliphatic heterocycles. The molecular formula is C14H16N4O3S. The molecule has 0 aliphatic carbocycles. The van der Waals surface area contributed by atoms with Crippen LogP contribution in [-0.4, -0.2) is 63.5 Å². The van der Waals surface area contributed by atoms with Crippen LogP contribution < -0.4 is 0 Å². The zero-order chi connectivity index (χ0) is 15.3. The van der Waals surface area contributed by atoms with Crippen molar-refractivity contribution in [2.45, 2.75) is 18.4 Å². The fourth-order valence-corrected chi connectivity index (χ4v) is 3.86. The molecule has 0 atom stereocenters. The molecule has 8 heteroatoms. The van der Waals surface area contributed by atoms with E-state index in [9.17, 15) is 9.59 Å². The van der Waals surface area contributed by atoms with E-state index in [0.717, 1.165) is 4.96 Å². The number of likely N-dealkylation sites (tertiary alicyclic amines) is 1. The summed E-state index contributed by atoms with van der Waals surface area (Å²) < 4.78 is 7.36. The molecule has 7 nitrogen and oxygen atoms in total. The number of ether oxygens (including phenoxy) is 1. The van der Waals surface area contributed by atoms with Crippen LogP contribution in [0.2, 0.25) is 0 Å². The first-order valence-electron chi connectivity index (χ1n) is 7.22. The van der Waals surface area contributed by atoms with Crippen molar-refractivity contribution in [3.05, 3.63) is 23.5 Å². The molecule has 0 unspecified atom stereocenters. The predicted molar refractivity (Wildman–Crippen MR) is 80.0 cm³/mol. The van der Waals surface area contributed by atoms with Crippen LogP contribution in [0.25, 0.3) is 4.96 Å². The number of likely N-dealkylation sites (N-methyl/N-ethyl adjacent to an activating group) is 1. The van der Waals surface area contributed by atoms with E-state index in [0.29, 0.717) is 38.2 Å². The molecule has 116 valence electrons. The number of fused-ring (bicyclic) bond motifs is 1. The van der Waals surface area contributed by atoms with Crippen molar-refractivity contribution in [3.63, 3.8) is 0 Å². The van der Waals surface area contributed by atoms with Gasteiger partial charge in [0.15, 0.2) is 4.96 Å². The molecule has 2 amide bonds. The van der Waals surface area contributed by atoms with Crippen molar-refractivity contribution in [2.75, 3.05) is 26.7 Å². The van der Waals surface area contributed by atoms with Gasteiger partial charge in [-0.15, -0.1) is 11.3 Å². The Morgan fingerprint density at radius 1 is 1.41 bits per heavy atom. The lowest BCUT2D eigenvalue weighted by Crippen LogP contribution is -2.48. The van der Waals surface area contributed by atoms with E-state index in [1.807, 2.05) is 16.0 Å². The Labute approximate surface area is 131 Å². The number of hydrogen-bond acceptors (Lipinski definition) is 5. The highest BCUT2D eigenvalue weighted by molar-refractivity contribution is 7.15. The summed E-state index contributed by atoms with van der Waals surface area (Å²) in [4.78, 5) is 32.7. The lowest BCUT2D eigenvalue weighted by molar-refractivity contribution is 0.00302. The van der Waals surface area contributed by atoms with Crippen molar-refractivity contribution >= 4 is 28.3 Å². The molecular weight excluding hydrogens is 304 g/mol. The summed E-state index contributed by atoms with van der Waals surface area (Å²) in [6.45, 7) is 1.78. The van der Waals surface area contributed by atoms with Gasteiger partial charge in [-0.05, 0) is 0 Å². The highest BCUT2D eigenvalue weighted by atomic mass is 32.1. The van der Waals surface area contributed by atoms with Crippen LogP contribution >= 0.6 is 11.3 Å². The maximum absolute atomic E-state index is 12.5. The number of amides is 2. The molecule has 0 aromatic carbocycles. The van der Waals surface area contributed by atoms with Crippen LogP contribution in [0.15, 0.2) is 17.8 Å². The smallest absolute Gasteiger partial charge is 0.410 e. The third kappa shape index (κ3) is 2.06. The van der Waals surface area contributed by atoms with Crippen LogP contribution in [0.5, 0.6) is 0 Å². The molecule has 2 aromatic rings. The first-order chi connectivity index (χ1) is 10.6. The average molecular weight is 320 g/mol. The van der Waals surface area contributed by atoms with Crippen molar-refractivity contribution in [3.8, 4) is 0 Å². The number of aromatic nitrogens is 2. The molecule has 2 saturated heterocycles. The largest absolute Gasteiger partial charge is 0.441 e. The Morgan fingerprint density at radius 2 is 2.18 bits per heavy atom. The molecule has 1 spiro atoms. The zero-order valence-corrected chi connectivity index (χ0v) is 13.0. The standard InChI is InChI=1S/C14H16N4O3S/c1-16-9-14(21-13(16)20)2-4-17(5-3-14)11(19)10-8-18-6-7-22-12(18)15-10/h6-8H,2-5,9H2,1H3. The second kappa shape index (κ2) is 4.70. The first kappa shape index (κ1) is 13.6. The van der Waals surface area contributed by atoms with Gasteiger partial charge in [-0.3, -0.25) is 9.20 Å². The van der Waals surface area contributed by atoms with Crippen LogP contribution in [0, 0.1) is 0 Å². The minimum absolute atomic E-state index is 0.0524. The number of thiazole rings is 1. The van der Waals surface area contributed by atoms with E-state index in [-0.39, 0.29) is 12.0 Å². The Morgan fingerprint density at radius 3 is 2.82 bits per heavy atom. The number of piperidine rings is 1. The number of rotatable bonds is 1. The topological polar surface area (TPSA) is 67.2 Å². The third-order valence-electron chi connectivity index (χ3n) is 4.42. The van der Waals surface area contributed by atoms with Crippen molar-refractivity contribution in [1.29, 1.82) is 0 Å². The zero-order valence-electron chi connectivity index (χ0n) is 12.2. The van der Waals surface area contributed by atoms with Crippen LogP contribution in [0.4, 0.5) is 4.79 Å². The summed E-state index contributed by atoms with van der Waals surface area (Å²) in [5.74, 6) is -0.0524. The fraction of sp³-hybridized carbons (Fsp3) is 0.500. The van der Waals surface area contributed by atoms with E-state index in [1.54, 1.807) is 23.0 Å². The normalized spacial score (nSPS) is 20.9. The van der Waals surface area contributed by atoms with E-state index in [1.165, 1.54) is 11.3 Å². The molecule has 0 N–H and O–H groups in total. The third-order valence-corrected chi connectivity index (χ3v) is 5.19. The van der Waals surface area contributed by atoms with E-state index in [4.69, 9.17) is 4.74 Å². The van der Waals surface area contributed by atoms with Crippen molar-refractivity contribution < 1.29 is 14.3 Å². The minimum atomic E-state index is -0.419. The van der Waals surface area contributed by atoms with Crippen molar-refractivity contribution in [2.24, 2.45) is 0 Å². The van der Waals surface area contributed by atoms with Crippen LogP contribution in [-0.2, 0) is 4.74 Å². The highest BCUT2D eigenvalue weighted by Gasteiger charge is 2.46. The SMILES string of the molecule is CN1CC2(CCN(C(=O)c3cn4ccsc4n3)CC2)OC1=O. The average Bonchev–Trinajstić information content (AvgIpc) is 3.14. The number of carbonyl (C=O) groups is 2. The lowest BCUT2D eigenvalue weighted by Gasteiger charge is -2.37. The van der Waals surface area contributed by atoms with Gasteiger partial charge in [0.1, 0.15) is 11.3 Å². The van der Waals surface area contributed by atoms with E-state index < -0.39 is 5.60 Å². The Kier molecular flexibility index (Phi) is 2.90. The Bertz CT molecular complexity index is 716. The molecule has 22 heavy (non-hydrogen) atoms. The van der Waals surface area contributed by atoms with Gasteiger partial charge < -0.3 is 14.5 Å². The van der Waals surface area contributed by atoms with Gasteiger partial charge in [0, 0.05) is 50.8 Å². The molecule has 4 heterocycles. The fourth-order valence-electron chi connectivity index (χ4n) is 3.16. The van der Waals surface area contributed by atoms with Gasteiger partial charge in [0.25, 0.3) is 5.91 Å². The minimum Gasteiger partial charge on any atom is -0.441 e. The van der Waals surface area contributed by atoms with Gasteiger partial charge in [0.2, 0.25) is 0 Å². The molecule has 0 radical (unpaired) electrons. The second-order valence-electron chi connectivity index (χ2n) is 5.92. The van der Waals surface area contributed by atoms with Gasteiger partial charge in [-0.1, -0.05) is 0 Å². The maximum Gasteiger partial charge on any atom is 0.410 e. The van der Waals surface area contributed by atoms with Gasteiger partial charge >= 0.3 is 6.09 Å². The van der Waals surface area contributed by atoms with E-state index in [2.05, 4.69) is 4.98 Å². The number of hydrogen-bond donors (Lipinski definition) is 0. The predicted octanol–water partition coefficient (Wildman–Crippen LogP) is 1.45. The van der Waals surface area contributed by atoms with Crippen molar-refractivity contribution in [1.82, 2.24) is 19.2 Å². The Balaban J connectivity index is 1.46. The van der Waals surface area contributed by atoms with Gasteiger partial charge in [0.05, 0.1) is 6.54 Å². The van der Waals surface area contributed by atoms with Crippen LogP contribution in [0.1, 0.15) is 23.3 Å². The molecule has 4 rings (SSSR count). The monoisotopic (exact) mass is 320 g/mol. The summed E-state index contributed by atoms with van der Waals surface area (Å²) in [6, 6.07) is 0. The number of carbonyl (C=O) groups excluding carboxylic acids is 2. The maximum atomic E-state index is 12.5. The Hall–Kier alpha value is -2.09. The summed E-state index contributed by atoms with van der Waals surface area (Å²) >= 11 is 1.51. The molecule has 2 aromatic heterocycles. The molecule has 0 saturated carbocycles. The van der Waals surface area contributed by atoms with Crippen LogP contribution in [0.3, 0.4) is 0 Å².